The van der Waals surface area contributed by atoms with Crippen LogP contribution in [-0.4, -0.2) is 22.9 Å². The average Bonchev–Trinajstić information content (AvgIpc) is 2.82. The highest BCUT2D eigenvalue weighted by atomic mass is 16.5. The number of nitrogens with zero attached hydrogens (tertiary/aromatic N) is 2. The van der Waals surface area contributed by atoms with Gasteiger partial charge in [-0.1, -0.05) is 0 Å². The maximum absolute atomic E-state index is 11.8. The van der Waals surface area contributed by atoms with E-state index >= 15 is 0 Å². The van der Waals surface area contributed by atoms with E-state index in [1.54, 1.807) is 12.1 Å². The highest BCUT2D eigenvalue weighted by Gasteiger charge is 2.11. The molecule has 5 nitrogen and oxygen atoms in total. The van der Waals surface area contributed by atoms with Crippen molar-refractivity contribution in [2.24, 2.45) is 0 Å². The first-order valence-electron chi connectivity index (χ1n) is 4.71. The van der Waals surface area contributed by atoms with Gasteiger partial charge in [-0.2, -0.15) is 0 Å². The van der Waals surface area contributed by atoms with E-state index in [1.807, 2.05) is 0 Å². The first-order chi connectivity index (χ1) is 7.79. The molecule has 0 bridgehead atoms. The van der Waals surface area contributed by atoms with E-state index in [2.05, 4.69) is 9.97 Å². The van der Waals surface area contributed by atoms with Crippen LogP contribution < -0.4 is 4.74 Å². The Labute approximate surface area is 92.1 Å². The quantitative estimate of drug-likeness (QED) is 0.727. The number of carbonyl (C=O) groups is 1. The van der Waals surface area contributed by atoms with Gasteiger partial charge >= 0.3 is 0 Å². The summed E-state index contributed by atoms with van der Waals surface area (Å²) in [5.41, 5.74) is 0.322. The summed E-state index contributed by atoms with van der Waals surface area (Å²) in [6, 6.07) is 4.99. The van der Waals surface area contributed by atoms with Gasteiger partial charge in [-0.25, -0.2) is 9.97 Å². The molecule has 2 rings (SSSR count). The van der Waals surface area contributed by atoms with Gasteiger partial charge in [-0.15, -0.1) is 0 Å². The normalized spacial score (nSPS) is 10.1. The maximum Gasteiger partial charge on any atom is 0.216 e. The molecule has 2 aromatic heterocycles. The predicted octanol–water partition coefficient (Wildman–Crippen LogP) is 1.50. The molecule has 82 valence electrons. The molecule has 0 saturated heterocycles. The SMILES string of the molecule is COc1cc(C(=O)Cc2ccco2)ncn1. The number of aromatic nitrogens is 2. The Morgan fingerprint density at radius 2 is 2.38 bits per heavy atom. The van der Waals surface area contributed by atoms with Crippen molar-refractivity contribution in [3.8, 4) is 5.88 Å². The van der Waals surface area contributed by atoms with Crippen molar-refractivity contribution in [3.05, 3.63) is 42.2 Å². The predicted molar refractivity (Wildman–Crippen MR) is 55.3 cm³/mol. The monoisotopic (exact) mass is 218 g/mol. The Kier molecular flexibility index (Phi) is 2.95. The summed E-state index contributed by atoms with van der Waals surface area (Å²) in [6.07, 6.45) is 3.02. The van der Waals surface area contributed by atoms with Crippen LogP contribution in [0.3, 0.4) is 0 Å². The Hall–Kier alpha value is -2.17. The molecule has 0 amide bonds. The summed E-state index contributed by atoms with van der Waals surface area (Å²) in [5, 5.41) is 0. The molecular formula is C11H10N2O3. The fraction of sp³-hybridized carbons (Fsp3) is 0.182. The Bertz CT molecular complexity index is 480. The molecular weight excluding hydrogens is 208 g/mol. The smallest absolute Gasteiger partial charge is 0.216 e. The number of methoxy groups -OCH3 is 1. The second kappa shape index (κ2) is 4.57. The van der Waals surface area contributed by atoms with Gasteiger partial charge in [0.15, 0.2) is 5.78 Å². The summed E-state index contributed by atoms with van der Waals surface area (Å²) >= 11 is 0. The lowest BCUT2D eigenvalue weighted by Gasteiger charge is -2.00. The number of rotatable bonds is 4. The van der Waals surface area contributed by atoms with Crippen LogP contribution in [0.4, 0.5) is 0 Å². The summed E-state index contributed by atoms with van der Waals surface area (Å²) in [4.78, 5) is 19.5. The first-order valence-corrected chi connectivity index (χ1v) is 4.71. The molecule has 0 aliphatic heterocycles. The van der Waals surface area contributed by atoms with Crippen LogP contribution in [0.25, 0.3) is 0 Å². The minimum atomic E-state index is -0.129. The van der Waals surface area contributed by atoms with Crippen LogP contribution in [0.15, 0.2) is 35.2 Å². The fourth-order valence-corrected chi connectivity index (χ4v) is 1.27. The van der Waals surface area contributed by atoms with Gasteiger partial charge in [0.25, 0.3) is 0 Å². The number of ketones is 1. The van der Waals surface area contributed by atoms with Crippen molar-refractivity contribution in [3.63, 3.8) is 0 Å². The van der Waals surface area contributed by atoms with E-state index in [1.165, 1.54) is 25.8 Å². The lowest BCUT2D eigenvalue weighted by molar-refractivity contribution is 0.0981. The number of furan rings is 1. The molecule has 0 aliphatic carbocycles. The fourth-order valence-electron chi connectivity index (χ4n) is 1.27. The van der Waals surface area contributed by atoms with Gasteiger partial charge < -0.3 is 9.15 Å². The standard InChI is InChI=1S/C11H10N2O3/c1-15-11-6-9(12-7-13-11)10(14)5-8-3-2-4-16-8/h2-4,6-7H,5H2,1H3. The maximum atomic E-state index is 11.8. The van der Waals surface area contributed by atoms with Crippen molar-refractivity contribution in [2.45, 2.75) is 6.42 Å². The molecule has 0 spiro atoms. The minimum absolute atomic E-state index is 0.129. The molecule has 0 atom stereocenters. The number of hydrogen-bond donors (Lipinski definition) is 0. The van der Waals surface area contributed by atoms with E-state index in [0.717, 1.165) is 0 Å². The largest absolute Gasteiger partial charge is 0.481 e. The molecule has 0 N–H and O–H groups in total. The molecule has 0 aromatic carbocycles. The highest BCUT2D eigenvalue weighted by Crippen LogP contribution is 2.10. The van der Waals surface area contributed by atoms with Gasteiger partial charge in [-0.05, 0) is 12.1 Å². The Morgan fingerprint density at radius 3 is 3.06 bits per heavy atom. The van der Waals surface area contributed by atoms with Crippen LogP contribution in [0.1, 0.15) is 16.2 Å². The Balaban J connectivity index is 2.14. The third kappa shape index (κ3) is 2.25. The summed E-state index contributed by atoms with van der Waals surface area (Å²) < 4.78 is 10.0. The minimum Gasteiger partial charge on any atom is -0.481 e. The second-order valence-corrected chi connectivity index (χ2v) is 3.12. The molecule has 0 radical (unpaired) electrons. The number of hydrogen-bond acceptors (Lipinski definition) is 5. The van der Waals surface area contributed by atoms with Gasteiger partial charge in [-0.3, -0.25) is 4.79 Å². The molecule has 0 fully saturated rings. The topological polar surface area (TPSA) is 65.2 Å². The highest BCUT2D eigenvalue weighted by molar-refractivity contribution is 5.95. The first kappa shape index (κ1) is 10.4. The lowest BCUT2D eigenvalue weighted by Crippen LogP contribution is -2.06. The van der Waals surface area contributed by atoms with Gasteiger partial charge in [0.1, 0.15) is 17.8 Å². The van der Waals surface area contributed by atoms with E-state index in [0.29, 0.717) is 17.3 Å². The van der Waals surface area contributed by atoms with Crippen molar-refractivity contribution in [1.82, 2.24) is 9.97 Å². The molecule has 2 aromatic rings. The van der Waals surface area contributed by atoms with Crippen LogP contribution in [-0.2, 0) is 6.42 Å². The summed E-state index contributed by atoms with van der Waals surface area (Å²) in [6.45, 7) is 0. The third-order valence-corrected chi connectivity index (χ3v) is 2.05. The van der Waals surface area contributed by atoms with Gasteiger partial charge in [0, 0.05) is 6.07 Å². The lowest BCUT2D eigenvalue weighted by atomic mass is 10.2. The van der Waals surface area contributed by atoms with Crippen molar-refractivity contribution in [2.75, 3.05) is 7.11 Å². The van der Waals surface area contributed by atoms with Gasteiger partial charge in [0.2, 0.25) is 5.88 Å². The third-order valence-electron chi connectivity index (χ3n) is 2.05. The number of ether oxygens (including phenoxy) is 1. The summed E-state index contributed by atoms with van der Waals surface area (Å²) in [7, 11) is 1.49. The second-order valence-electron chi connectivity index (χ2n) is 3.12. The van der Waals surface area contributed by atoms with Crippen molar-refractivity contribution < 1.29 is 13.9 Å². The van der Waals surface area contributed by atoms with E-state index < -0.39 is 0 Å². The van der Waals surface area contributed by atoms with E-state index in [-0.39, 0.29) is 12.2 Å². The zero-order valence-corrected chi connectivity index (χ0v) is 8.71. The van der Waals surface area contributed by atoms with Crippen LogP contribution in [0, 0.1) is 0 Å². The van der Waals surface area contributed by atoms with E-state index in [9.17, 15) is 4.79 Å². The number of carbonyl (C=O) groups excluding carboxylic acids is 1. The van der Waals surface area contributed by atoms with Crippen LogP contribution in [0.5, 0.6) is 5.88 Å². The van der Waals surface area contributed by atoms with Crippen LogP contribution >= 0.6 is 0 Å². The van der Waals surface area contributed by atoms with E-state index in [4.69, 9.17) is 9.15 Å². The Morgan fingerprint density at radius 1 is 1.50 bits per heavy atom. The van der Waals surface area contributed by atoms with Gasteiger partial charge in [0.05, 0.1) is 19.8 Å². The molecule has 0 saturated carbocycles. The molecule has 0 unspecified atom stereocenters. The van der Waals surface area contributed by atoms with Crippen LogP contribution in [0.2, 0.25) is 0 Å². The zero-order chi connectivity index (χ0) is 11.4. The molecule has 5 heteroatoms. The molecule has 0 aliphatic rings. The van der Waals surface area contributed by atoms with Crippen molar-refractivity contribution >= 4 is 5.78 Å². The summed E-state index contributed by atoms with van der Waals surface area (Å²) in [5.74, 6) is 0.857. The average molecular weight is 218 g/mol. The number of Topliss-reactive ketones (excluding diaryl/α,β-unsaturated/α-hetero) is 1. The zero-order valence-electron chi connectivity index (χ0n) is 8.71. The van der Waals surface area contributed by atoms with Crippen molar-refractivity contribution in [1.29, 1.82) is 0 Å². The molecule has 16 heavy (non-hydrogen) atoms. The molecule has 2 heterocycles.